The SMILES string of the molecule is CCn1ncc(OC)c1C(=O)CC1(OC)CCC1. The maximum Gasteiger partial charge on any atom is 0.187 e. The zero-order chi connectivity index (χ0) is 13.2. The Kier molecular flexibility index (Phi) is 3.71. The molecule has 0 spiro atoms. The summed E-state index contributed by atoms with van der Waals surface area (Å²) in [5, 5.41) is 4.16. The fourth-order valence-electron chi connectivity index (χ4n) is 2.44. The van der Waals surface area contributed by atoms with Gasteiger partial charge in [0.05, 0.1) is 18.9 Å². The van der Waals surface area contributed by atoms with E-state index in [4.69, 9.17) is 9.47 Å². The molecule has 5 heteroatoms. The molecule has 0 aromatic carbocycles. The van der Waals surface area contributed by atoms with E-state index in [9.17, 15) is 4.79 Å². The molecule has 1 aliphatic rings. The maximum atomic E-state index is 12.4. The zero-order valence-electron chi connectivity index (χ0n) is 11.2. The van der Waals surface area contributed by atoms with E-state index in [0.29, 0.717) is 24.4 Å². The van der Waals surface area contributed by atoms with Gasteiger partial charge in [-0.05, 0) is 26.2 Å². The molecule has 1 fully saturated rings. The molecule has 0 N–H and O–H groups in total. The van der Waals surface area contributed by atoms with Gasteiger partial charge in [0.2, 0.25) is 0 Å². The Hall–Kier alpha value is -1.36. The van der Waals surface area contributed by atoms with Crippen LogP contribution in [-0.4, -0.2) is 35.4 Å². The van der Waals surface area contributed by atoms with Crippen LogP contribution in [0.4, 0.5) is 0 Å². The monoisotopic (exact) mass is 252 g/mol. The zero-order valence-corrected chi connectivity index (χ0v) is 11.2. The van der Waals surface area contributed by atoms with E-state index < -0.39 is 0 Å². The van der Waals surface area contributed by atoms with Crippen molar-refractivity contribution in [1.29, 1.82) is 0 Å². The van der Waals surface area contributed by atoms with E-state index in [0.717, 1.165) is 19.3 Å². The van der Waals surface area contributed by atoms with Gasteiger partial charge in [-0.25, -0.2) is 0 Å². The normalized spacial score (nSPS) is 17.3. The Morgan fingerprint density at radius 3 is 2.67 bits per heavy atom. The summed E-state index contributed by atoms with van der Waals surface area (Å²) in [6.45, 7) is 2.61. The van der Waals surface area contributed by atoms with Crippen molar-refractivity contribution in [1.82, 2.24) is 9.78 Å². The molecule has 0 radical (unpaired) electrons. The molecule has 1 aromatic heterocycles. The van der Waals surface area contributed by atoms with Crippen LogP contribution < -0.4 is 4.74 Å². The number of ketones is 1. The Morgan fingerprint density at radius 2 is 2.22 bits per heavy atom. The number of carbonyl (C=O) groups is 1. The lowest BCUT2D eigenvalue weighted by Crippen LogP contribution is -2.41. The first-order valence-electron chi connectivity index (χ1n) is 6.34. The van der Waals surface area contributed by atoms with Gasteiger partial charge in [-0.1, -0.05) is 0 Å². The van der Waals surface area contributed by atoms with Crippen LogP contribution >= 0.6 is 0 Å². The molecular weight excluding hydrogens is 232 g/mol. The van der Waals surface area contributed by atoms with Gasteiger partial charge in [0.15, 0.2) is 11.5 Å². The molecule has 1 aliphatic carbocycles. The van der Waals surface area contributed by atoms with Crippen LogP contribution in [-0.2, 0) is 11.3 Å². The molecule has 0 atom stereocenters. The third kappa shape index (κ3) is 2.14. The minimum absolute atomic E-state index is 0.0488. The van der Waals surface area contributed by atoms with Crippen LogP contribution in [0.1, 0.15) is 43.1 Å². The van der Waals surface area contributed by atoms with E-state index in [1.165, 1.54) is 0 Å². The van der Waals surface area contributed by atoms with E-state index in [1.54, 1.807) is 25.1 Å². The van der Waals surface area contributed by atoms with Gasteiger partial charge in [0.1, 0.15) is 5.69 Å². The van der Waals surface area contributed by atoms with Crippen molar-refractivity contribution in [2.24, 2.45) is 0 Å². The first-order chi connectivity index (χ1) is 8.65. The topological polar surface area (TPSA) is 53.4 Å². The number of rotatable bonds is 6. The van der Waals surface area contributed by atoms with Crippen LogP contribution in [0.25, 0.3) is 0 Å². The summed E-state index contributed by atoms with van der Waals surface area (Å²) in [6.07, 6.45) is 5.05. The summed E-state index contributed by atoms with van der Waals surface area (Å²) in [6, 6.07) is 0. The second-order valence-corrected chi connectivity index (χ2v) is 4.72. The smallest absolute Gasteiger partial charge is 0.187 e. The minimum Gasteiger partial charge on any atom is -0.493 e. The van der Waals surface area contributed by atoms with Crippen molar-refractivity contribution in [2.75, 3.05) is 14.2 Å². The molecule has 1 heterocycles. The molecular formula is C13H20N2O3. The third-order valence-corrected chi connectivity index (χ3v) is 3.77. The Labute approximate surface area is 107 Å². The van der Waals surface area contributed by atoms with E-state index in [2.05, 4.69) is 5.10 Å². The standard InChI is InChI=1S/C13H20N2O3/c1-4-15-12(11(17-2)9-14-15)10(16)8-13(18-3)6-5-7-13/h9H,4-8H2,1-3H3. The second-order valence-electron chi connectivity index (χ2n) is 4.72. The predicted octanol–water partition coefficient (Wildman–Crippen LogP) is 2.05. The first-order valence-corrected chi connectivity index (χ1v) is 6.34. The number of hydrogen-bond donors (Lipinski definition) is 0. The average molecular weight is 252 g/mol. The van der Waals surface area contributed by atoms with Crippen LogP contribution in [0.15, 0.2) is 6.20 Å². The van der Waals surface area contributed by atoms with Crippen molar-refractivity contribution in [3.8, 4) is 5.75 Å². The summed E-state index contributed by atoms with van der Waals surface area (Å²) >= 11 is 0. The lowest BCUT2D eigenvalue weighted by Gasteiger charge is -2.40. The molecule has 1 saturated carbocycles. The van der Waals surface area contributed by atoms with Crippen molar-refractivity contribution in [3.05, 3.63) is 11.9 Å². The molecule has 0 saturated heterocycles. The minimum atomic E-state index is -0.259. The van der Waals surface area contributed by atoms with Gasteiger partial charge in [-0.15, -0.1) is 0 Å². The van der Waals surface area contributed by atoms with Crippen LogP contribution in [0.3, 0.4) is 0 Å². The molecule has 0 amide bonds. The molecule has 5 nitrogen and oxygen atoms in total. The lowest BCUT2D eigenvalue weighted by molar-refractivity contribution is -0.0706. The number of aromatic nitrogens is 2. The number of Topliss-reactive ketones (excluding diaryl/α,β-unsaturated/α-hetero) is 1. The summed E-state index contributed by atoms with van der Waals surface area (Å²) in [5.74, 6) is 0.597. The second kappa shape index (κ2) is 5.10. The summed E-state index contributed by atoms with van der Waals surface area (Å²) < 4.78 is 12.4. The number of ether oxygens (including phenoxy) is 2. The summed E-state index contributed by atoms with van der Waals surface area (Å²) in [5.41, 5.74) is 0.300. The average Bonchev–Trinajstić information content (AvgIpc) is 2.76. The van der Waals surface area contributed by atoms with Crippen LogP contribution in [0.5, 0.6) is 5.75 Å². The Bertz CT molecular complexity index is 408. The van der Waals surface area contributed by atoms with Crippen LogP contribution in [0.2, 0.25) is 0 Å². The van der Waals surface area contributed by atoms with E-state index in [-0.39, 0.29) is 11.4 Å². The number of methoxy groups -OCH3 is 2. The van der Waals surface area contributed by atoms with Gasteiger partial charge in [-0.3, -0.25) is 9.48 Å². The van der Waals surface area contributed by atoms with Crippen LogP contribution in [0, 0.1) is 0 Å². The Morgan fingerprint density at radius 1 is 1.50 bits per heavy atom. The van der Waals surface area contributed by atoms with Gasteiger partial charge in [0, 0.05) is 20.1 Å². The number of nitrogens with zero attached hydrogens (tertiary/aromatic N) is 2. The molecule has 0 unspecified atom stereocenters. The number of hydrogen-bond acceptors (Lipinski definition) is 4. The first kappa shape index (κ1) is 13.1. The van der Waals surface area contributed by atoms with Crippen molar-refractivity contribution < 1.29 is 14.3 Å². The number of carbonyl (C=O) groups excluding carboxylic acids is 1. The fourth-order valence-corrected chi connectivity index (χ4v) is 2.44. The van der Waals surface area contributed by atoms with Crippen molar-refractivity contribution in [2.45, 2.75) is 44.8 Å². The summed E-state index contributed by atoms with van der Waals surface area (Å²) in [4.78, 5) is 12.4. The number of aryl methyl sites for hydroxylation is 1. The quantitative estimate of drug-likeness (QED) is 0.727. The van der Waals surface area contributed by atoms with Gasteiger partial charge in [0.25, 0.3) is 0 Å². The molecule has 100 valence electrons. The highest BCUT2D eigenvalue weighted by atomic mass is 16.5. The highest BCUT2D eigenvalue weighted by molar-refractivity contribution is 5.97. The summed E-state index contributed by atoms with van der Waals surface area (Å²) in [7, 11) is 3.24. The van der Waals surface area contributed by atoms with Crippen molar-refractivity contribution in [3.63, 3.8) is 0 Å². The van der Waals surface area contributed by atoms with E-state index in [1.807, 2.05) is 6.92 Å². The third-order valence-electron chi connectivity index (χ3n) is 3.77. The molecule has 0 aliphatic heterocycles. The van der Waals surface area contributed by atoms with E-state index >= 15 is 0 Å². The molecule has 18 heavy (non-hydrogen) atoms. The molecule has 1 aromatic rings. The van der Waals surface area contributed by atoms with Crippen molar-refractivity contribution >= 4 is 5.78 Å². The van der Waals surface area contributed by atoms with Gasteiger partial charge >= 0.3 is 0 Å². The highest BCUT2D eigenvalue weighted by Crippen LogP contribution is 2.39. The molecule has 0 bridgehead atoms. The van der Waals surface area contributed by atoms with Gasteiger partial charge < -0.3 is 9.47 Å². The predicted molar refractivity (Wildman–Crippen MR) is 67.0 cm³/mol. The highest BCUT2D eigenvalue weighted by Gasteiger charge is 2.40. The maximum absolute atomic E-state index is 12.4. The van der Waals surface area contributed by atoms with Gasteiger partial charge in [-0.2, -0.15) is 5.10 Å². The fraction of sp³-hybridized carbons (Fsp3) is 0.692. The Balaban J connectivity index is 2.20. The molecule has 2 rings (SSSR count). The lowest BCUT2D eigenvalue weighted by atomic mass is 9.76. The largest absolute Gasteiger partial charge is 0.493 e.